The van der Waals surface area contributed by atoms with Crippen LogP contribution in [0.25, 0.3) is 0 Å². The van der Waals surface area contributed by atoms with Crippen LogP contribution in [-0.4, -0.2) is 13.1 Å². The molecule has 0 spiro atoms. The van der Waals surface area contributed by atoms with E-state index < -0.39 is 0 Å². The number of halogens is 6. The Labute approximate surface area is 174 Å². The van der Waals surface area contributed by atoms with E-state index >= 15 is 0 Å². The lowest BCUT2D eigenvalue weighted by Crippen LogP contribution is -2.14. The Balaban J connectivity index is 0.000000261. The zero-order valence-electron chi connectivity index (χ0n) is 15.2. The van der Waals surface area contributed by atoms with E-state index in [1.165, 1.54) is 24.3 Å². The molecular weight excluding hydrogens is 415 g/mol. The van der Waals surface area contributed by atoms with Crippen molar-refractivity contribution in [2.75, 3.05) is 13.1 Å². The molecule has 2 aromatic rings. The van der Waals surface area contributed by atoms with Crippen molar-refractivity contribution < 1.29 is 17.6 Å². The lowest BCUT2D eigenvalue weighted by molar-refractivity contribution is 0.543. The summed E-state index contributed by atoms with van der Waals surface area (Å²) >= 11 is 0. The van der Waals surface area contributed by atoms with Crippen molar-refractivity contribution in [1.29, 1.82) is 0 Å². The summed E-state index contributed by atoms with van der Waals surface area (Å²) < 4.78 is 52.0. The third-order valence-corrected chi connectivity index (χ3v) is 4.79. The molecule has 28 heavy (non-hydrogen) atoms. The Morgan fingerprint density at radius 3 is 1.36 bits per heavy atom. The molecule has 0 aromatic heterocycles. The maximum atomic E-state index is 13.2. The van der Waals surface area contributed by atoms with Crippen LogP contribution in [0.5, 0.6) is 0 Å². The minimum Gasteiger partial charge on any atom is -0.310 e. The van der Waals surface area contributed by atoms with Crippen LogP contribution in [0.4, 0.5) is 17.6 Å². The molecule has 4 rings (SSSR count). The summed E-state index contributed by atoms with van der Waals surface area (Å²) in [6, 6.07) is 7.21. The van der Waals surface area contributed by atoms with Crippen LogP contribution >= 0.6 is 24.8 Å². The average molecular weight is 439 g/mol. The van der Waals surface area contributed by atoms with Gasteiger partial charge < -0.3 is 10.6 Å². The van der Waals surface area contributed by atoms with Gasteiger partial charge in [-0.2, -0.15) is 0 Å². The Morgan fingerprint density at radius 1 is 0.643 bits per heavy atom. The van der Waals surface area contributed by atoms with E-state index in [4.69, 9.17) is 0 Å². The number of rotatable bonds is 2. The third-order valence-electron chi connectivity index (χ3n) is 4.79. The standard InChI is InChI=1S/2C10H11F2N.2ClH/c2*11-7-3-4-9(12)8(6-7)10-2-1-5-13-10;;/h2*3-4,6,10,13H,1-2,5H2;2*1H/t2*10-;;/m11../s1. The summed E-state index contributed by atoms with van der Waals surface area (Å²) in [5.74, 6) is -1.38. The number of nitrogens with one attached hydrogen (secondary N) is 2. The van der Waals surface area contributed by atoms with Gasteiger partial charge in [-0.15, -0.1) is 24.8 Å². The van der Waals surface area contributed by atoms with Crippen molar-refractivity contribution in [3.8, 4) is 0 Å². The first-order valence-corrected chi connectivity index (χ1v) is 8.91. The summed E-state index contributed by atoms with van der Waals surface area (Å²) in [6.45, 7) is 1.78. The molecule has 0 aliphatic carbocycles. The Kier molecular flexibility index (Phi) is 10.2. The normalized spacial score (nSPS) is 20.6. The van der Waals surface area contributed by atoms with Crippen molar-refractivity contribution in [1.82, 2.24) is 10.6 Å². The molecule has 2 aliphatic rings. The molecule has 2 heterocycles. The summed E-state index contributed by atoms with van der Waals surface area (Å²) in [5.41, 5.74) is 0.912. The zero-order valence-corrected chi connectivity index (χ0v) is 16.8. The molecule has 0 saturated carbocycles. The van der Waals surface area contributed by atoms with E-state index in [0.29, 0.717) is 11.1 Å². The van der Waals surface area contributed by atoms with Crippen molar-refractivity contribution >= 4 is 24.8 Å². The molecule has 156 valence electrons. The van der Waals surface area contributed by atoms with Crippen LogP contribution in [0.3, 0.4) is 0 Å². The lowest BCUT2D eigenvalue weighted by Gasteiger charge is -2.11. The summed E-state index contributed by atoms with van der Waals surface area (Å²) in [5, 5.41) is 6.27. The molecule has 2 fully saturated rings. The zero-order chi connectivity index (χ0) is 18.5. The molecule has 2 aromatic carbocycles. The lowest BCUT2D eigenvalue weighted by atomic mass is 10.0. The van der Waals surface area contributed by atoms with Crippen molar-refractivity contribution in [3.05, 3.63) is 70.8 Å². The minimum atomic E-state index is -0.370. The van der Waals surface area contributed by atoms with E-state index in [-0.39, 0.29) is 60.2 Å². The van der Waals surface area contributed by atoms with Crippen LogP contribution in [0, 0.1) is 23.3 Å². The molecule has 2 nitrogen and oxygen atoms in total. The maximum Gasteiger partial charge on any atom is 0.128 e. The smallest absolute Gasteiger partial charge is 0.128 e. The van der Waals surface area contributed by atoms with E-state index in [9.17, 15) is 17.6 Å². The van der Waals surface area contributed by atoms with E-state index in [2.05, 4.69) is 10.6 Å². The predicted molar refractivity (Wildman–Crippen MR) is 107 cm³/mol. The molecule has 2 N–H and O–H groups in total. The van der Waals surface area contributed by atoms with Gasteiger partial charge in [0.25, 0.3) is 0 Å². The number of hydrogen-bond acceptors (Lipinski definition) is 2. The fourth-order valence-corrected chi connectivity index (χ4v) is 3.46. The van der Waals surface area contributed by atoms with Crippen LogP contribution in [0.15, 0.2) is 36.4 Å². The van der Waals surface area contributed by atoms with Gasteiger partial charge in [-0.25, -0.2) is 17.6 Å². The van der Waals surface area contributed by atoms with Gasteiger partial charge >= 0.3 is 0 Å². The van der Waals surface area contributed by atoms with Crippen molar-refractivity contribution in [2.24, 2.45) is 0 Å². The topological polar surface area (TPSA) is 24.1 Å². The Morgan fingerprint density at radius 2 is 1.04 bits per heavy atom. The maximum absolute atomic E-state index is 13.2. The first-order chi connectivity index (χ1) is 12.5. The molecule has 2 saturated heterocycles. The third kappa shape index (κ3) is 6.34. The molecule has 2 aliphatic heterocycles. The van der Waals surface area contributed by atoms with E-state index in [0.717, 1.165) is 50.9 Å². The highest BCUT2D eigenvalue weighted by Gasteiger charge is 2.20. The number of hydrogen-bond donors (Lipinski definition) is 2. The van der Waals surface area contributed by atoms with Gasteiger partial charge in [-0.3, -0.25) is 0 Å². The molecule has 8 heteroatoms. The first kappa shape index (κ1) is 24.7. The van der Waals surface area contributed by atoms with Gasteiger partial charge in [0.05, 0.1) is 0 Å². The van der Waals surface area contributed by atoms with Crippen LogP contribution < -0.4 is 10.6 Å². The van der Waals surface area contributed by atoms with Gasteiger partial charge in [-0.05, 0) is 75.2 Å². The van der Waals surface area contributed by atoms with Crippen molar-refractivity contribution in [2.45, 2.75) is 37.8 Å². The van der Waals surface area contributed by atoms with Gasteiger partial charge in [0, 0.05) is 23.2 Å². The fraction of sp³-hybridized carbons (Fsp3) is 0.400. The highest BCUT2D eigenvalue weighted by Crippen LogP contribution is 2.26. The van der Waals surface area contributed by atoms with Gasteiger partial charge in [0.2, 0.25) is 0 Å². The largest absolute Gasteiger partial charge is 0.310 e. The highest BCUT2D eigenvalue weighted by atomic mass is 35.5. The second-order valence-electron chi connectivity index (χ2n) is 6.63. The molecule has 2 atom stereocenters. The van der Waals surface area contributed by atoms with Gasteiger partial charge in [0.1, 0.15) is 23.3 Å². The van der Waals surface area contributed by atoms with Crippen molar-refractivity contribution in [3.63, 3.8) is 0 Å². The Bertz CT molecular complexity index is 685. The summed E-state index contributed by atoms with van der Waals surface area (Å²) in [6.07, 6.45) is 3.84. The summed E-state index contributed by atoms with van der Waals surface area (Å²) in [4.78, 5) is 0. The predicted octanol–water partition coefficient (Wildman–Crippen LogP) is 5.62. The number of benzene rings is 2. The van der Waals surface area contributed by atoms with Gasteiger partial charge in [-0.1, -0.05) is 0 Å². The molecular formula is C20H24Cl2F4N2. The van der Waals surface area contributed by atoms with E-state index in [1.807, 2.05) is 0 Å². The first-order valence-electron chi connectivity index (χ1n) is 8.91. The molecule has 0 radical (unpaired) electrons. The minimum absolute atomic E-state index is 0. The highest BCUT2D eigenvalue weighted by molar-refractivity contribution is 5.85. The molecule has 0 amide bonds. The average Bonchev–Trinajstić information content (AvgIpc) is 3.33. The second-order valence-corrected chi connectivity index (χ2v) is 6.63. The molecule has 0 bridgehead atoms. The molecule has 0 unspecified atom stereocenters. The van der Waals surface area contributed by atoms with Crippen LogP contribution in [0.1, 0.15) is 48.9 Å². The van der Waals surface area contributed by atoms with Gasteiger partial charge in [0.15, 0.2) is 0 Å². The Hall–Kier alpha value is -1.34. The van der Waals surface area contributed by atoms with E-state index in [1.54, 1.807) is 0 Å². The fourth-order valence-electron chi connectivity index (χ4n) is 3.46. The monoisotopic (exact) mass is 438 g/mol. The second kappa shape index (κ2) is 11.6. The quantitative estimate of drug-likeness (QED) is 0.594. The van der Waals surface area contributed by atoms with Crippen LogP contribution in [-0.2, 0) is 0 Å². The summed E-state index contributed by atoms with van der Waals surface area (Å²) in [7, 11) is 0. The SMILES string of the molecule is Cl.Cl.Fc1ccc(F)c([C@H]2CCCN2)c1.Fc1ccc(F)c([C@H]2CCCN2)c1. The van der Waals surface area contributed by atoms with Crippen LogP contribution in [0.2, 0.25) is 0 Å².